The zero-order valence-electron chi connectivity index (χ0n) is 11.0. The molecule has 0 N–H and O–H groups in total. The SMILES string of the molecule is O=S(=O)(Oc1cc(C(F)(F)F)cc(C(F)(F)F)c1)C(F)(F)C(F)(F)F. The Kier molecular flexibility index (Phi) is 4.99. The molecule has 0 unspecified atom stereocenters. The quantitative estimate of drug-likeness (QED) is 0.539. The van der Waals surface area contributed by atoms with E-state index in [4.69, 9.17) is 0 Å². The van der Waals surface area contributed by atoms with E-state index < -0.39 is 69.0 Å². The van der Waals surface area contributed by atoms with E-state index in [0.717, 1.165) is 0 Å². The summed E-state index contributed by atoms with van der Waals surface area (Å²) < 4.78 is 162. The molecule has 144 valence electrons. The zero-order chi connectivity index (χ0) is 20.1. The van der Waals surface area contributed by atoms with Crippen molar-refractivity contribution in [2.45, 2.75) is 23.8 Å². The van der Waals surface area contributed by atoms with Crippen LogP contribution in [0.25, 0.3) is 0 Å². The van der Waals surface area contributed by atoms with E-state index in [9.17, 15) is 56.7 Å². The van der Waals surface area contributed by atoms with Gasteiger partial charge < -0.3 is 4.18 Å². The highest BCUT2D eigenvalue weighted by atomic mass is 32.2. The lowest BCUT2D eigenvalue weighted by Gasteiger charge is -2.20. The van der Waals surface area contributed by atoms with Crippen molar-refractivity contribution >= 4 is 10.1 Å². The van der Waals surface area contributed by atoms with E-state index in [1.54, 1.807) is 0 Å². The number of rotatable bonds is 3. The third-order valence-corrected chi connectivity index (χ3v) is 3.68. The minimum Gasteiger partial charge on any atom is -0.378 e. The van der Waals surface area contributed by atoms with E-state index in [0.29, 0.717) is 0 Å². The fourth-order valence-electron chi connectivity index (χ4n) is 1.30. The third-order valence-electron chi connectivity index (χ3n) is 2.41. The molecule has 0 bridgehead atoms. The fourth-order valence-corrected chi connectivity index (χ4v) is 2.03. The van der Waals surface area contributed by atoms with Crippen LogP contribution in [-0.2, 0) is 22.5 Å². The predicted octanol–water partition coefficient (Wildman–Crippen LogP) is 4.59. The van der Waals surface area contributed by atoms with Gasteiger partial charge in [0.2, 0.25) is 0 Å². The Morgan fingerprint density at radius 1 is 0.680 bits per heavy atom. The highest BCUT2D eigenvalue weighted by Crippen LogP contribution is 2.43. The van der Waals surface area contributed by atoms with Crippen molar-refractivity contribution in [3.8, 4) is 5.75 Å². The molecular weight excluding hydrogens is 409 g/mol. The van der Waals surface area contributed by atoms with Gasteiger partial charge in [0.05, 0.1) is 11.1 Å². The molecule has 0 heterocycles. The molecule has 1 aromatic carbocycles. The summed E-state index contributed by atoms with van der Waals surface area (Å²) in [6, 6.07) is -1.46. The van der Waals surface area contributed by atoms with Gasteiger partial charge in [-0.2, -0.15) is 56.7 Å². The summed E-state index contributed by atoms with van der Waals surface area (Å²) in [7, 11) is -6.99. The second-order valence-electron chi connectivity index (χ2n) is 4.29. The van der Waals surface area contributed by atoms with Crippen LogP contribution >= 0.6 is 0 Å². The summed E-state index contributed by atoms with van der Waals surface area (Å²) in [5, 5.41) is -6.58. The maximum atomic E-state index is 12.8. The van der Waals surface area contributed by atoms with E-state index >= 15 is 0 Å². The molecule has 1 aromatic rings. The molecule has 0 aliphatic carbocycles. The molecule has 1 rings (SSSR count). The molecule has 0 spiro atoms. The summed E-state index contributed by atoms with van der Waals surface area (Å²) in [6.45, 7) is 0. The van der Waals surface area contributed by atoms with Crippen molar-refractivity contribution in [2.24, 2.45) is 0 Å². The Morgan fingerprint density at radius 2 is 1.04 bits per heavy atom. The first kappa shape index (κ1) is 21.2. The Balaban J connectivity index is 3.49. The monoisotopic (exact) mass is 412 g/mol. The molecule has 0 fully saturated rings. The second kappa shape index (κ2) is 5.88. The normalized spacial score (nSPS) is 14.5. The molecule has 0 saturated heterocycles. The minimum atomic E-state index is -6.99. The lowest BCUT2D eigenvalue weighted by atomic mass is 10.1. The van der Waals surface area contributed by atoms with Gasteiger partial charge in [-0.3, -0.25) is 0 Å². The maximum Gasteiger partial charge on any atom is 0.475 e. The van der Waals surface area contributed by atoms with Crippen molar-refractivity contribution in [3.05, 3.63) is 29.3 Å². The fraction of sp³-hybridized carbons (Fsp3) is 0.400. The summed E-state index contributed by atoms with van der Waals surface area (Å²) >= 11 is 0. The molecule has 0 amide bonds. The summed E-state index contributed by atoms with van der Waals surface area (Å²) in [5.41, 5.74) is -4.36. The topological polar surface area (TPSA) is 43.4 Å². The molecule has 0 radical (unpaired) electrons. The van der Waals surface area contributed by atoms with Crippen LogP contribution in [0.2, 0.25) is 0 Å². The number of hydrogen-bond acceptors (Lipinski definition) is 3. The molecule has 0 saturated carbocycles. The first-order valence-electron chi connectivity index (χ1n) is 5.47. The number of alkyl halides is 11. The zero-order valence-corrected chi connectivity index (χ0v) is 11.8. The highest BCUT2D eigenvalue weighted by molar-refractivity contribution is 7.88. The van der Waals surface area contributed by atoms with Gasteiger partial charge in [-0.15, -0.1) is 0 Å². The first-order chi connectivity index (χ1) is 10.8. The Morgan fingerprint density at radius 3 is 1.32 bits per heavy atom. The van der Waals surface area contributed by atoms with Gasteiger partial charge in [0.1, 0.15) is 5.75 Å². The molecule has 25 heavy (non-hydrogen) atoms. The van der Waals surface area contributed by atoms with Crippen LogP contribution in [-0.4, -0.2) is 19.8 Å². The van der Waals surface area contributed by atoms with Gasteiger partial charge in [0.25, 0.3) is 0 Å². The number of benzene rings is 1. The number of halogens is 11. The van der Waals surface area contributed by atoms with Crippen molar-refractivity contribution in [3.63, 3.8) is 0 Å². The summed E-state index contributed by atoms with van der Waals surface area (Å²) in [4.78, 5) is 0. The van der Waals surface area contributed by atoms with Gasteiger partial charge in [-0.25, -0.2) is 0 Å². The second-order valence-corrected chi connectivity index (χ2v) is 5.88. The van der Waals surface area contributed by atoms with Crippen molar-refractivity contribution in [2.75, 3.05) is 0 Å². The first-order valence-corrected chi connectivity index (χ1v) is 6.88. The molecule has 0 aliphatic heterocycles. The molecule has 0 aliphatic rings. The molecule has 0 aromatic heterocycles. The predicted molar refractivity (Wildman–Crippen MR) is 57.0 cm³/mol. The molecule has 15 heteroatoms. The van der Waals surface area contributed by atoms with Gasteiger partial charge in [0, 0.05) is 0 Å². The van der Waals surface area contributed by atoms with Crippen LogP contribution in [0.3, 0.4) is 0 Å². The standard InChI is InChI=1S/C10H3F11O3S/c11-7(12,13)4-1-5(8(14,15)16)3-6(2-4)24-25(22,23)10(20,21)9(17,18)19/h1-3H. The lowest BCUT2D eigenvalue weighted by Crippen LogP contribution is -2.46. The Labute approximate surface area is 131 Å². The van der Waals surface area contributed by atoms with E-state index in [-0.39, 0.29) is 0 Å². The average molecular weight is 412 g/mol. The van der Waals surface area contributed by atoms with Crippen LogP contribution in [0.1, 0.15) is 11.1 Å². The van der Waals surface area contributed by atoms with Crippen LogP contribution in [0, 0.1) is 0 Å². The van der Waals surface area contributed by atoms with E-state index in [1.165, 1.54) is 0 Å². The molecule has 3 nitrogen and oxygen atoms in total. The van der Waals surface area contributed by atoms with Crippen LogP contribution in [0.15, 0.2) is 18.2 Å². The smallest absolute Gasteiger partial charge is 0.378 e. The summed E-state index contributed by atoms with van der Waals surface area (Å²) in [6.07, 6.45) is -17.7. The van der Waals surface area contributed by atoms with Gasteiger partial charge in [-0.1, -0.05) is 0 Å². The lowest BCUT2D eigenvalue weighted by molar-refractivity contribution is -0.243. The largest absolute Gasteiger partial charge is 0.475 e. The van der Waals surface area contributed by atoms with Crippen LogP contribution < -0.4 is 4.18 Å². The van der Waals surface area contributed by atoms with Gasteiger partial charge >= 0.3 is 33.9 Å². The van der Waals surface area contributed by atoms with Gasteiger partial charge in [-0.05, 0) is 18.2 Å². The third kappa shape index (κ3) is 4.43. The van der Waals surface area contributed by atoms with E-state index in [2.05, 4.69) is 4.18 Å². The van der Waals surface area contributed by atoms with Crippen LogP contribution in [0.5, 0.6) is 5.75 Å². The maximum absolute atomic E-state index is 12.8. The number of hydrogen-bond donors (Lipinski definition) is 0. The Hall–Kier alpha value is -1.80. The van der Waals surface area contributed by atoms with E-state index in [1.807, 2.05) is 0 Å². The van der Waals surface area contributed by atoms with Crippen molar-refractivity contribution < 1.29 is 60.9 Å². The molecular formula is C10H3F11O3S. The highest BCUT2D eigenvalue weighted by Gasteiger charge is 2.69. The van der Waals surface area contributed by atoms with Crippen LogP contribution in [0.4, 0.5) is 48.3 Å². The molecule has 0 atom stereocenters. The van der Waals surface area contributed by atoms with Crippen molar-refractivity contribution in [1.82, 2.24) is 0 Å². The summed E-state index contributed by atoms with van der Waals surface area (Å²) in [5.74, 6) is -2.02. The average Bonchev–Trinajstić information content (AvgIpc) is 2.34. The minimum absolute atomic E-state index is 0.473. The Bertz CT molecular complexity index is 711. The van der Waals surface area contributed by atoms with Crippen molar-refractivity contribution in [1.29, 1.82) is 0 Å². The van der Waals surface area contributed by atoms with Gasteiger partial charge in [0.15, 0.2) is 0 Å².